The molecule has 2 heterocycles. The van der Waals surface area contributed by atoms with Gasteiger partial charge in [0.2, 0.25) is 5.88 Å². The van der Waals surface area contributed by atoms with Crippen LogP contribution in [0.15, 0.2) is 54.6 Å². The number of halogens is 1. The van der Waals surface area contributed by atoms with Gasteiger partial charge < -0.3 is 10.1 Å². The van der Waals surface area contributed by atoms with E-state index in [4.69, 9.17) is 11.6 Å². The molecule has 3 aromatic rings. The number of aliphatic imine (C=N–C) groups is 1. The molecule has 26 heavy (non-hydrogen) atoms. The number of aromatic hydroxyl groups is 1. The number of hydrogen-bond donors (Lipinski definition) is 4. The Labute approximate surface area is 148 Å². The number of nitrogens with one attached hydrogen (secondary N) is 3. The molecule has 0 aliphatic rings. The van der Waals surface area contributed by atoms with Gasteiger partial charge in [0.1, 0.15) is 11.3 Å². The Bertz CT molecular complexity index is 1250. The fourth-order valence-electron chi connectivity index (χ4n) is 2.14. The molecule has 0 unspecified atom stereocenters. The molecule has 0 fully saturated rings. The number of benzene rings is 1. The smallest absolute Gasteiger partial charge is 0.335 e. The summed E-state index contributed by atoms with van der Waals surface area (Å²) in [5.41, 5.74) is -3.65. The molecule has 0 saturated heterocycles. The summed E-state index contributed by atoms with van der Waals surface area (Å²) in [6.45, 7) is 0. The zero-order chi connectivity index (χ0) is 18.8. The van der Waals surface area contributed by atoms with Gasteiger partial charge in [0.15, 0.2) is 0 Å². The van der Waals surface area contributed by atoms with Crippen molar-refractivity contribution in [3.05, 3.63) is 82.7 Å². The lowest BCUT2D eigenvalue weighted by molar-refractivity contribution is 0.430. The van der Waals surface area contributed by atoms with Gasteiger partial charge in [-0.15, -0.1) is 0 Å². The van der Waals surface area contributed by atoms with E-state index in [1.165, 1.54) is 12.1 Å². The van der Waals surface area contributed by atoms with Crippen LogP contribution in [0.2, 0.25) is 5.02 Å². The van der Waals surface area contributed by atoms with Gasteiger partial charge in [-0.1, -0.05) is 17.7 Å². The average molecular weight is 376 g/mol. The van der Waals surface area contributed by atoms with Crippen molar-refractivity contribution < 1.29 is 5.11 Å². The molecule has 0 atom stereocenters. The van der Waals surface area contributed by atoms with E-state index in [0.717, 1.165) is 17.0 Å². The summed E-state index contributed by atoms with van der Waals surface area (Å²) >= 11 is 5.88. The van der Waals surface area contributed by atoms with Crippen LogP contribution in [0, 0.1) is 0 Å². The molecule has 4 N–H and O–H groups in total. The summed E-state index contributed by atoms with van der Waals surface area (Å²) in [6.07, 6.45) is 1.94. The minimum Gasteiger partial charge on any atom is -0.493 e. The first-order valence-corrected chi connectivity index (χ1v) is 7.45. The Morgan fingerprint density at radius 2 is 1.88 bits per heavy atom. The minimum atomic E-state index is -0.907. The summed E-state index contributed by atoms with van der Waals surface area (Å²) in [5.74, 6) is -0.689. The van der Waals surface area contributed by atoms with Gasteiger partial charge >= 0.3 is 11.4 Å². The molecule has 0 amide bonds. The topological polar surface area (TPSA) is 153 Å². The normalized spacial score (nSPS) is 11.1. The zero-order valence-corrected chi connectivity index (χ0v) is 13.6. The van der Waals surface area contributed by atoms with Crippen molar-refractivity contribution in [2.45, 2.75) is 0 Å². The van der Waals surface area contributed by atoms with Crippen LogP contribution in [-0.4, -0.2) is 30.8 Å². The van der Waals surface area contributed by atoms with Crippen LogP contribution < -0.4 is 22.5 Å². The summed E-state index contributed by atoms with van der Waals surface area (Å²) in [6, 6.07) is 6.04. The highest BCUT2D eigenvalue weighted by molar-refractivity contribution is 6.30. The first-order valence-electron chi connectivity index (χ1n) is 7.07. The van der Waals surface area contributed by atoms with Crippen molar-refractivity contribution in [1.29, 1.82) is 0 Å². The van der Waals surface area contributed by atoms with Crippen LogP contribution in [0.25, 0.3) is 5.69 Å². The Kier molecular flexibility index (Phi) is 4.42. The van der Waals surface area contributed by atoms with Gasteiger partial charge in [-0.25, -0.2) is 19.1 Å². The molecule has 2 aromatic heterocycles. The van der Waals surface area contributed by atoms with E-state index in [9.17, 15) is 24.3 Å². The monoisotopic (exact) mass is 375 g/mol. The van der Waals surface area contributed by atoms with Gasteiger partial charge in [-0.2, -0.15) is 0 Å². The molecule has 0 aliphatic heterocycles. The quantitative estimate of drug-likeness (QED) is 0.475. The first-order chi connectivity index (χ1) is 12.4. The average Bonchev–Trinajstić information content (AvgIpc) is 2.56. The largest absolute Gasteiger partial charge is 0.493 e. The molecule has 132 valence electrons. The van der Waals surface area contributed by atoms with Crippen LogP contribution >= 0.6 is 11.6 Å². The van der Waals surface area contributed by atoms with E-state index >= 15 is 0 Å². The number of hydrogen-bond acceptors (Lipinski definition) is 6. The van der Waals surface area contributed by atoms with Gasteiger partial charge in [0.05, 0.1) is 5.69 Å². The number of nitrogens with zero attached hydrogens (tertiary/aromatic N) is 2. The van der Waals surface area contributed by atoms with Crippen molar-refractivity contribution in [3.8, 4) is 11.6 Å². The van der Waals surface area contributed by atoms with Crippen LogP contribution in [0.1, 0.15) is 5.56 Å². The molecule has 11 heteroatoms. The third-order valence-corrected chi connectivity index (χ3v) is 3.55. The molecule has 0 spiro atoms. The van der Waals surface area contributed by atoms with E-state index < -0.39 is 28.4 Å². The summed E-state index contributed by atoms with van der Waals surface area (Å²) < 4.78 is 0.825. The highest BCUT2D eigenvalue weighted by atomic mass is 35.5. The Morgan fingerprint density at radius 1 is 1.12 bits per heavy atom. The van der Waals surface area contributed by atoms with E-state index in [1.807, 2.05) is 9.97 Å². The number of aromatic amines is 3. The predicted octanol–water partition coefficient (Wildman–Crippen LogP) is 0.0120. The second kappa shape index (κ2) is 6.69. The maximum absolute atomic E-state index is 12.1. The molecule has 0 bridgehead atoms. The number of aromatic nitrogens is 4. The van der Waals surface area contributed by atoms with E-state index in [1.54, 1.807) is 12.1 Å². The van der Waals surface area contributed by atoms with Crippen LogP contribution in [0.4, 0.5) is 5.69 Å². The van der Waals surface area contributed by atoms with E-state index in [2.05, 4.69) is 9.98 Å². The predicted molar refractivity (Wildman–Crippen MR) is 94.3 cm³/mol. The maximum Gasteiger partial charge on any atom is 0.335 e. The third-order valence-electron chi connectivity index (χ3n) is 3.32. The van der Waals surface area contributed by atoms with E-state index in [-0.39, 0.29) is 16.9 Å². The lowest BCUT2D eigenvalue weighted by atomic mass is 10.3. The minimum absolute atomic E-state index is 0.205. The van der Waals surface area contributed by atoms with Gasteiger partial charge in [-0.3, -0.25) is 19.6 Å². The highest BCUT2D eigenvalue weighted by Crippen LogP contribution is 2.18. The van der Waals surface area contributed by atoms with Crippen LogP contribution in [-0.2, 0) is 0 Å². The third kappa shape index (κ3) is 3.26. The first kappa shape index (κ1) is 17.2. The molecule has 10 nitrogen and oxygen atoms in total. The number of rotatable bonds is 3. The molecular formula is C15H10ClN5O5. The maximum atomic E-state index is 12.1. The summed E-state index contributed by atoms with van der Waals surface area (Å²) in [4.78, 5) is 56.6. The SMILES string of the molecule is O=c1[nH]cc(N=Cc2c(O)n(-c3cccc(Cl)c3)c(=O)[nH]c2=O)c(=O)[nH]1. The molecule has 0 saturated carbocycles. The van der Waals surface area contributed by atoms with Gasteiger partial charge in [-0.05, 0) is 18.2 Å². The van der Waals surface area contributed by atoms with Crippen molar-refractivity contribution >= 4 is 23.5 Å². The highest BCUT2D eigenvalue weighted by Gasteiger charge is 2.14. The molecular weight excluding hydrogens is 366 g/mol. The van der Waals surface area contributed by atoms with Crippen molar-refractivity contribution in [2.24, 2.45) is 4.99 Å². The van der Waals surface area contributed by atoms with Gasteiger partial charge in [0.25, 0.3) is 11.1 Å². The summed E-state index contributed by atoms with van der Waals surface area (Å²) in [7, 11) is 0. The van der Waals surface area contributed by atoms with Crippen LogP contribution in [0.3, 0.4) is 0 Å². The number of H-pyrrole nitrogens is 3. The Balaban J connectivity index is 2.17. The lowest BCUT2D eigenvalue weighted by Gasteiger charge is -2.09. The molecule has 0 radical (unpaired) electrons. The fraction of sp³-hybridized carbons (Fsp3) is 0. The molecule has 1 aromatic carbocycles. The van der Waals surface area contributed by atoms with Crippen molar-refractivity contribution in [2.75, 3.05) is 0 Å². The fourth-order valence-corrected chi connectivity index (χ4v) is 2.33. The second-order valence-electron chi connectivity index (χ2n) is 5.03. The van der Waals surface area contributed by atoms with E-state index in [0.29, 0.717) is 5.02 Å². The van der Waals surface area contributed by atoms with Crippen molar-refractivity contribution in [1.82, 2.24) is 19.5 Å². The zero-order valence-electron chi connectivity index (χ0n) is 12.8. The van der Waals surface area contributed by atoms with Crippen molar-refractivity contribution in [3.63, 3.8) is 0 Å². The standard InChI is InChI=1S/C15H10ClN5O5/c16-7-2-1-3-8(4-7)21-13(24)9(11(22)20-15(21)26)5-17-10-6-18-14(25)19-12(10)23/h1-6,24H,(H,20,22,26)(H2,18,19,23,25). The van der Waals surface area contributed by atoms with Crippen LogP contribution in [0.5, 0.6) is 5.88 Å². The molecule has 3 rings (SSSR count). The summed E-state index contributed by atoms with van der Waals surface area (Å²) in [5, 5.41) is 10.7. The molecule has 0 aliphatic carbocycles. The Hall–Kier alpha value is -3.66. The van der Waals surface area contributed by atoms with Gasteiger partial charge in [0, 0.05) is 17.4 Å². The Morgan fingerprint density at radius 3 is 2.58 bits per heavy atom. The lowest BCUT2D eigenvalue weighted by Crippen LogP contribution is -2.31. The second-order valence-corrected chi connectivity index (χ2v) is 5.46.